The molecule has 2 fully saturated rings. The second kappa shape index (κ2) is 10.8. The third-order valence-corrected chi connectivity index (χ3v) is 10.4. The minimum absolute atomic E-state index is 0.0759. The zero-order valence-corrected chi connectivity index (χ0v) is 22.0. The second-order valence-electron chi connectivity index (χ2n) is 10.0. The number of sulfonamides is 2. The summed E-state index contributed by atoms with van der Waals surface area (Å²) in [5.41, 5.74) is 2.66. The lowest BCUT2D eigenvalue weighted by Gasteiger charge is -2.51. The highest BCUT2D eigenvalue weighted by atomic mass is 32.2. The molecule has 10 heteroatoms. The molecule has 4 rings (SSSR count). The molecule has 2 saturated heterocycles. The lowest BCUT2D eigenvalue weighted by atomic mass is 9.77. The molecule has 3 atom stereocenters. The van der Waals surface area contributed by atoms with E-state index in [2.05, 4.69) is 21.8 Å². The van der Waals surface area contributed by atoms with Crippen molar-refractivity contribution in [3.8, 4) is 5.75 Å². The molecule has 3 aliphatic heterocycles. The first-order chi connectivity index (χ1) is 16.2. The van der Waals surface area contributed by atoms with Crippen molar-refractivity contribution in [1.82, 2.24) is 13.9 Å². The van der Waals surface area contributed by atoms with Crippen LogP contribution in [-0.4, -0.2) is 77.4 Å². The predicted octanol–water partition coefficient (Wildman–Crippen LogP) is 2.52. The maximum absolute atomic E-state index is 13.4. The zero-order chi connectivity index (χ0) is 24.3. The van der Waals surface area contributed by atoms with Gasteiger partial charge in [-0.25, -0.2) is 21.6 Å². The molecule has 0 saturated carbocycles. The van der Waals surface area contributed by atoms with Crippen molar-refractivity contribution in [3.63, 3.8) is 0 Å². The SMILES string of the molecule is COc1ccc2c(c1)CCN1C[C@H]3CCCN(S(=O)(=O)CCCCCCNS(C)(=O)=O)[C@H]3C[C@@H]21. The number of hydrogen-bond acceptors (Lipinski definition) is 6. The van der Waals surface area contributed by atoms with Crippen molar-refractivity contribution >= 4 is 20.0 Å². The number of hydrogen-bond donors (Lipinski definition) is 1. The monoisotopic (exact) mass is 513 g/mol. The van der Waals surface area contributed by atoms with Crippen LogP contribution in [0, 0.1) is 5.92 Å². The molecule has 0 unspecified atom stereocenters. The fourth-order valence-electron chi connectivity index (χ4n) is 6.00. The van der Waals surface area contributed by atoms with Gasteiger partial charge in [-0.3, -0.25) is 4.90 Å². The van der Waals surface area contributed by atoms with Gasteiger partial charge in [0.2, 0.25) is 20.0 Å². The van der Waals surface area contributed by atoms with Gasteiger partial charge < -0.3 is 4.74 Å². The van der Waals surface area contributed by atoms with E-state index in [1.165, 1.54) is 11.1 Å². The van der Waals surface area contributed by atoms with Crippen LogP contribution in [0.5, 0.6) is 5.75 Å². The van der Waals surface area contributed by atoms with Gasteiger partial charge >= 0.3 is 0 Å². The third-order valence-electron chi connectivity index (χ3n) is 7.67. The number of rotatable bonds is 10. The lowest BCUT2D eigenvalue weighted by molar-refractivity contribution is 0.0219. The standard InChI is InChI=1S/C24H39N3O5S2/c1-32-21-9-10-22-19(16-21)11-14-26-18-20-8-7-13-27(23(20)17-24(22)26)34(30,31)15-6-4-3-5-12-25-33(2,28)29/h9-10,16,20,23-25H,3-8,11-15,17-18H2,1-2H3/t20-,23+,24+/m1/s1. The molecule has 1 aromatic rings. The molecular weight excluding hydrogens is 474 g/mol. The molecule has 0 amide bonds. The molecule has 0 radical (unpaired) electrons. The van der Waals surface area contributed by atoms with Gasteiger partial charge in [0.25, 0.3) is 0 Å². The molecule has 0 bridgehead atoms. The van der Waals surface area contributed by atoms with Gasteiger partial charge in [-0.15, -0.1) is 0 Å². The molecule has 1 aromatic carbocycles. The predicted molar refractivity (Wildman–Crippen MR) is 134 cm³/mol. The van der Waals surface area contributed by atoms with Crippen LogP contribution >= 0.6 is 0 Å². The van der Waals surface area contributed by atoms with E-state index in [0.29, 0.717) is 25.4 Å². The fourth-order valence-corrected chi connectivity index (χ4v) is 8.40. The number of nitrogens with zero attached hydrogens (tertiary/aromatic N) is 2. The van der Waals surface area contributed by atoms with Crippen LogP contribution in [0.1, 0.15) is 62.1 Å². The van der Waals surface area contributed by atoms with E-state index in [0.717, 1.165) is 70.0 Å². The van der Waals surface area contributed by atoms with Crippen LogP contribution in [0.4, 0.5) is 0 Å². The highest BCUT2D eigenvalue weighted by Crippen LogP contribution is 2.44. The maximum Gasteiger partial charge on any atom is 0.214 e. The first-order valence-electron chi connectivity index (χ1n) is 12.5. The highest BCUT2D eigenvalue weighted by Gasteiger charge is 2.45. The van der Waals surface area contributed by atoms with Crippen molar-refractivity contribution in [1.29, 1.82) is 0 Å². The van der Waals surface area contributed by atoms with E-state index >= 15 is 0 Å². The van der Waals surface area contributed by atoms with Crippen LogP contribution in [0.3, 0.4) is 0 Å². The molecule has 0 aromatic heterocycles. The van der Waals surface area contributed by atoms with E-state index in [4.69, 9.17) is 4.74 Å². The summed E-state index contributed by atoms with van der Waals surface area (Å²) >= 11 is 0. The minimum Gasteiger partial charge on any atom is -0.497 e. The average Bonchev–Trinajstić information content (AvgIpc) is 2.80. The zero-order valence-electron chi connectivity index (χ0n) is 20.4. The molecule has 0 spiro atoms. The van der Waals surface area contributed by atoms with E-state index in [-0.39, 0.29) is 17.8 Å². The first-order valence-corrected chi connectivity index (χ1v) is 16.0. The topological polar surface area (TPSA) is 96.0 Å². The summed E-state index contributed by atoms with van der Waals surface area (Å²) in [7, 11) is -4.78. The van der Waals surface area contributed by atoms with Gasteiger partial charge in [0.05, 0.1) is 19.1 Å². The number of unbranched alkanes of at least 4 members (excludes halogenated alkanes) is 3. The maximum atomic E-state index is 13.4. The van der Waals surface area contributed by atoms with Crippen molar-refractivity contribution in [2.24, 2.45) is 5.92 Å². The normalized spacial score (nSPS) is 25.9. The first kappa shape index (κ1) is 25.9. The smallest absolute Gasteiger partial charge is 0.214 e. The van der Waals surface area contributed by atoms with Crippen molar-refractivity contribution in [2.45, 2.75) is 63.5 Å². The number of nitrogens with one attached hydrogen (secondary N) is 1. The van der Waals surface area contributed by atoms with E-state index in [1.807, 2.05) is 10.4 Å². The van der Waals surface area contributed by atoms with Crippen LogP contribution in [0.25, 0.3) is 0 Å². The third kappa shape index (κ3) is 6.13. The Balaban J connectivity index is 1.36. The van der Waals surface area contributed by atoms with Gasteiger partial charge in [-0.05, 0) is 67.7 Å². The molecule has 3 aliphatic rings. The molecule has 0 aliphatic carbocycles. The van der Waals surface area contributed by atoms with Gasteiger partial charge in [0.15, 0.2) is 0 Å². The number of ether oxygens (including phenoxy) is 1. The summed E-state index contributed by atoms with van der Waals surface area (Å²) in [6.07, 6.45) is 8.02. The average molecular weight is 514 g/mol. The number of methoxy groups -OCH3 is 1. The van der Waals surface area contributed by atoms with E-state index in [9.17, 15) is 16.8 Å². The highest BCUT2D eigenvalue weighted by molar-refractivity contribution is 7.89. The van der Waals surface area contributed by atoms with Crippen LogP contribution in [0.15, 0.2) is 18.2 Å². The number of fused-ring (bicyclic) bond motifs is 4. The van der Waals surface area contributed by atoms with Crippen LogP contribution in [0.2, 0.25) is 0 Å². The Hall–Kier alpha value is -1.20. The largest absolute Gasteiger partial charge is 0.497 e. The van der Waals surface area contributed by atoms with Gasteiger partial charge in [0, 0.05) is 38.3 Å². The summed E-state index contributed by atoms with van der Waals surface area (Å²) in [5, 5.41) is 0. The summed E-state index contributed by atoms with van der Waals surface area (Å²) < 4.78 is 58.7. The molecule has 34 heavy (non-hydrogen) atoms. The molecule has 3 heterocycles. The van der Waals surface area contributed by atoms with Gasteiger partial charge in [0.1, 0.15) is 5.75 Å². The Morgan fingerprint density at radius 2 is 1.88 bits per heavy atom. The summed E-state index contributed by atoms with van der Waals surface area (Å²) in [6.45, 7) is 3.03. The van der Waals surface area contributed by atoms with Crippen LogP contribution in [-0.2, 0) is 26.5 Å². The summed E-state index contributed by atoms with van der Waals surface area (Å²) in [5.74, 6) is 1.47. The second-order valence-corrected chi connectivity index (χ2v) is 13.9. The quantitative estimate of drug-likeness (QED) is 0.483. The number of benzene rings is 1. The summed E-state index contributed by atoms with van der Waals surface area (Å²) in [6, 6.07) is 6.68. The molecular formula is C24H39N3O5S2. The Bertz CT molecular complexity index is 1060. The van der Waals surface area contributed by atoms with Crippen molar-refractivity contribution in [3.05, 3.63) is 29.3 Å². The summed E-state index contributed by atoms with van der Waals surface area (Å²) in [4.78, 5) is 2.57. The molecule has 1 N–H and O–H groups in total. The van der Waals surface area contributed by atoms with Gasteiger partial charge in [-0.1, -0.05) is 18.9 Å². The van der Waals surface area contributed by atoms with E-state index < -0.39 is 20.0 Å². The van der Waals surface area contributed by atoms with Gasteiger partial charge in [-0.2, -0.15) is 4.31 Å². The Morgan fingerprint density at radius 1 is 1.09 bits per heavy atom. The Morgan fingerprint density at radius 3 is 2.65 bits per heavy atom. The molecule has 8 nitrogen and oxygen atoms in total. The van der Waals surface area contributed by atoms with Crippen LogP contribution < -0.4 is 9.46 Å². The number of piperidine rings is 2. The van der Waals surface area contributed by atoms with Crippen molar-refractivity contribution in [2.75, 3.05) is 45.3 Å². The van der Waals surface area contributed by atoms with E-state index in [1.54, 1.807) is 7.11 Å². The van der Waals surface area contributed by atoms with Crippen molar-refractivity contribution < 1.29 is 21.6 Å². The Labute approximate surface area is 205 Å². The lowest BCUT2D eigenvalue weighted by Crippen LogP contribution is -2.57. The Kier molecular flexibility index (Phi) is 8.24. The minimum atomic E-state index is -3.31. The molecule has 192 valence electrons. The fraction of sp³-hybridized carbons (Fsp3) is 0.750.